The standard InChI is InChI=1S/C8H8BrClO/c9-4-6-1-2-7(5-11)8(10)3-6/h1-3,11H,4-5H2. The molecule has 3 heteroatoms. The quantitative estimate of drug-likeness (QED) is 0.782. The highest BCUT2D eigenvalue weighted by atomic mass is 79.9. The molecule has 1 N–H and O–H groups in total. The van der Waals surface area contributed by atoms with Crippen LogP contribution in [0.4, 0.5) is 0 Å². The summed E-state index contributed by atoms with van der Waals surface area (Å²) in [5.41, 5.74) is 1.89. The Balaban J connectivity index is 2.99. The summed E-state index contributed by atoms with van der Waals surface area (Å²) < 4.78 is 0. The van der Waals surface area contributed by atoms with Crippen molar-refractivity contribution in [3.05, 3.63) is 34.3 Å². The summed E-state index contributed by atoms with van der Waals surface area (Å²) in [6, 6.07) is 5.62. The number of rotatable bonds is 2. The van der Waals surface area contributed by atoms with Gasteiger partial charge in [-0.15, -0.1) is 0 Å². The van der Waals surface area contributed by atoms with Crippen molar-refractivity contribution >= 4 is 27.5 Å². The molecule has 1 rings (SSSR count). The normalized spacial score (nSPS) is 10.1. The number of halogens is 2. The Kier molecular flexibility index (Phi) is 3.37. The molecule has 0 aromatic heterocycles. The largest absolute Gasteiger partial charge is 0.392 e. The third kappa shape index (κ3) is 2.19. The molecular formula is C8H8BrClO. The summed E-state index contributed by atoms with van der Waals surface area (Å²) in [6.45, 7) is 0.00139. The first-order valence-electron chi connectivity index (χ1n) is 3.22. The van der Waals surface area contributed by atoms with Crippen molar-refractivity contribution in [3.8, 4) is 0 Å². The van der Waals surface area contributed by atoms with E-state index in [0.29, 0.717) is 5.02 Å². The lowest BCUT2D eigenvalue weighted by Crippen LogP contribution is -1.86. The van der Waals surface area contributed by atoms with E-state index in [9.17, 15) is 0 Å². The molecule has 0 aliphatic carbocycles. The van der Waals surface area contributed by atoms with E-state index >= 15 is 0 Å². The van der Waals surface area contributed by atoms with Crippen LogP contribution in [-0.4, -0.2) is 5.11 Å². The van der Waals surface area contributed by atoms with Crippen LogP contribution >= 0.6 is 27.5 Å². The van der Waals surface area contributed by atoms with Crippen molar-refractivity contribution in [2.45, 2.75) is 11.9 Å². The zero-order valence-electron chi connectivity index (χ0n) is 5.85. The van der Waals surface area contributed by atoms with Crippen molar-refractivity contribution in [3.63, 3.8) is 0 Å². The average molecular weight is 236 g/mol. The van der Waals surface area contributed by atoms with E-state index in [4.69, 9.17) is 16.7 Å². The van der Waals surface area contributed by atoms with Gasteiger partial charge in [-0.2, -0.15) is 0 Å². The molecule has 0 bridgehead atoms. The first-order valence-corrected chi connectivity index (χ1v) is 4.72. The van der Waals surface area contributed by atoms with Crippen molar-refractivity contribution in [1.82, 2.24) is 0 Å². The lowest BCUT2D eigenvalue weighted by molar-refractivity contribution is 0.282. The molecule has 0 unspecified atom stereocenters. The van der Waals surface area contributed by atoms with Gasteiger partial charge >= 0.3 is 0 Å². The van der Waals surface area contributed by atoms with Gasteiger partial charge in [0.15, 0.2) is 0 Å². The zero-order valence-corrected chi connectivity index (χ0v) is 8.19. The minimum absolute atomic E-state index is 0.00139. The summed E-state index contributed by atoms with van der Waals surface area (Å²) in [6.07, 6.45) is 0. The molecule has 0 aliphatic rings. The average Bonchev–Trinajstić information content (AvgIpc) is 2.04. The van der Waals surface area contributed by atoms with E-state index < -0.39 is 0 Å². The molecule has 0 saturated carbocycles. The second-order valence-electron chi connectivity index (χ2n) is 2.22. The van der Waals surface area contributed by atoms with E-state index in [2.05, 4.69) is 15.9 Å². The summed E-state index contributed by atoms with van der Waals surface area (Å²) in [4.78, 5) is 0. The van der Waals surface area contributed by atoms with E-state index in [-0.39, 0.29) is 6.61 Å². The number of hydrogen-bond donors (Lipinski definition) is 1. The van der Waals surface area contributed by atoms with Gasteiger partial charge in [0.1, 0.15) is 0 Å². The molecule has 0 heterocycles. The van der Waals surface area contributed by atoms with Crippen molar-refractivity contribution < 1.29 is 5.11 Å². The number of hydrogen-bond acceptors (Lipinski definition) is 1. The highest BCUT2D eigenvalue weighted by Gasteiger charge is 1.98. The topological polar surface area (TPSA) is 20.2 Å². The molecular weight excluding hydrogens is 227 g/mol. The third-order valence-electron chi connectivity index (χ3n) is 1.44. The smallest absolute Gasteiger partial charge is 0.0696 e. The Morgan fingerprint density at radius 2 is 2.18 bits per heavy atom. The molecule has 1 aromatic carbocycles. The first-order chi connectivity index (χ1) is 5.27. The molecule has 1 nitrogen and oxygen atoms in total. The molecule has 0 fully saturated rings. The van der Waals surface area contributed by atoms with Gasteiger partial charge in [0.05, 0.1) is 6.61 Å². The van der Waals surface area contributed by atoms with Gasteiger partial charge in [-0.25, -0.2) is 0 Å². The Labute approximate surface area is 79.1 Å². The fourth-order valence-electron chi connectivity index (χ4n) is 0.802. The fraction of sp³-hybridized carbons (Fsp3) is 0.250. The Bertz CT molecular complexity index is 250. The Morgan fingerprint density at radius 3 is 2.64 bits per heavy atom. The molecule has 0 saturated heterocycles. The highest BCUT2D eigenvalue weighted by molar-refractivity contribution is 9.08. The van der Waals surface area contributed by atoms with Gasteiger partial charge in [-0.3, -0.25) is 0 Å². The second-order valence-corrected chi connectivity index (χ2v) is 3.19. The number of benzene rings is 1. The SMILES string of the molecule is OCc1ccc(CBr)cc1Cl. The predicted octanol–water partition coefficient (Wildman–Crippen LogP) is 2.73. The van der Waals surface area contributed by atoms with E-state index in [1.807, 2.05) is 18.2 Å². The summed E-state index contributed by atoms with van der Waals surface area (Å²) >= 11 is 9.14. The summed E-state index contributed by atoms with van der Waals surface area (Å²) in [7, 11) is 0. The van der Waals surface area contributed by atoms with Crippen molar-refractivity contribution in [2.24, 2.45) is 0 Å². The predicted molar refractivity (Wildman–Crippen MR) is 50.0 cm³/mol. The molecule has 1 aromatic rings. The van der Waals surface area contributed by atoms with Gasteiger partial charge in [0.25, 0.3) is 0 Å². The minimum Gasteiger partial charge on any atom is -0.392 e. The maximum absolute atomic E-state index is 8.79. The second kappa shape index (κ2) is 4.10. The number of aliphatic hydroxyl groups excluding tert-OH is 1. The molecule has 0 radical (unpaired) electrons. The molecule has 60 valence electrons. The molecule has 0 aliphatic heterocycles. The van der Waals surface area contributed by atoms with Crippen LogP contribution in [0.15, 0.2) is 18.2 Å². The van der Waals surface area contributed by atoms with Crippen LogP contribution in [0.25, 0.3) is 0 Å². The highest BCUT2D eigenvalue weighted by Crippen LogP contribution is 2.18. The Hall–Kier alpha value is -0.0500. The molecule has 0 spiro atoms. The van der Waals surface area contributed by atoms with E-state index in [1.54, 1.807) is 0 Å². The van der Waals surface area contributed by atoms with Crippen LogP contribution < -0.4 is 0 Å². The third-order valence-corrected chi connectivity index (χ3v) is 2.44. The molecule has 0 atom stereocenters. The van der Waals surface area contributed by atoms with Gasteiger partial charge in [0, 0.05) is 10.4 Å². The van der Waals surface area contributed by atoms with Gasteiger partial charge in [-0.1, -0.05) is 39.7 Å². The van der Waals surface area contributed by atoms with Crippen LogP contribution in [0.3, 0.4) is 0 Å². The van der Waals surface area contributed by atoms with Crippen molar-refractivity contribution in [2.75, 3.05) is 0 Å². The number of aliphatic hydroxyl groups is 1. The van der Waals surface area contributed by atoms with Gasteiger partial charge in [0.2, 0.25) is 0 Å². The van der Waals surface area contributed by atoms with E-state index in [1.165, 1.54) is 0 Å². The van der Waals surface area contributed by atoms with E-state index in [0.717, 1.165) is 16.5 Å². The lowest BCUT2D eigenvalue weighted by atomic mass is 10.2. The fourth-order valence-corrected chi connectivity index (χ4v) is 1.41. The lowest BCUT2D eigenvalue weighted by Gasteiger charge is -2.01. The monoisotopic (exact) mass is 234 g/mol. The van der Waals surface area contributed by atoms with Crippen LogP contribution in [0.2, 0.25) is 5.02 Å². The van der Waals surface area contributed by atoms with Crippen LogP contribution in [0.5, 0.6) is 0 Å². The summed E-state index contributed by atoms with van der Waals surface area (Å²) in [5.74, 6) is 0. The summed E-state index contributed by atoms with van der Waals surface area (Å²) in [5, 5.41) is 10.2. The maximum Gasteiger partial charge on any atom is 0.0696 e. The first kappa shape index (κ1) is 9.04. The maximum atomic E-state index is 8.79. The van der Waals surface area contributed by atoms with Crippen LogP contribution in [0.1, 0.15) is 11.1 Å². The van der Waals surface area contributed by atoms with Crippen LogP contribution in [0, 0.1) is 0 Å². The zero-order chi connectivity index (χ0) is 8.27. The van der Waals surface area contributed by atoms with Crippen LogP contribution in [-0.2, 0) is 11.9 Å². The minimum atomic E-state index is 0.00139. The molecule has 0 amide bonds. The molecule has 11 heavy (non-hydrogen) atoms. The van der Waals surface area contributed by atoms with Gasteiger partial charge in [-0.05, 0) is 17.2 Å². The number of alkyl halides is 1. The Morgan fingerprint density at radius 1 is 1.45 bits per heavy atom. The van der Waals surface area contributed by atoms with Crippen molar-refractivity contribution in [1.29, 1.82) is 0 Å². The van der Waals surface area contributed by atoms with Gasteiger partial charge < -0.3 is 5.11 Å².